The summed E-state index contributed by atoms with van der Waals surface area (Å²) in [6.45, 7) is 4.45. The Morgan fingerprint density at radius 2 is 2.24 bits per heavy atom. The van der Waals surface area contributed by atoms with Crippen LogP contribution in [0.3, 0.4) is 0 Å². The maximum Gasteiger partial charge on any atom is 0.258 e. The van der Waals surface area contributed by atoms with Gasteiger partial charge in [0.2, 0.25) is 0 Å². The van der Waals surface area contributed by atoms with Crippen LogP contribution in [0.2, 0.25) is 0 Å². The molecule has 0 atom stereocenters. The van der Waals surface area contributed by atoms with Crippen LogP contribution in [-0.4, -0.2) is 51.1 Å². The second kappa shape index (κ2) is 7.22. The molecule has 0 radical (unpaired) electrons. The Balaban J connectivity index is 1.86. The Labute approximate surface area is 144 Å². The van der Waals surface area contributed by atoms with Crippen LogP contribution in [0.25, 0.3) is 17.3 Å². The number of hydrogen-bond acceptors (Lipinski definition) is 7. The SMILES string of the molecule is COCCNC(=O)c1cnn(-c2cc(-c3nc(C)no3)ccn2)c1C. The first kappa shape index (κ1) is 16.8. The van der Waals surface area contributed by atoms with E-state index in [2.05, 4.69) is 25.5 Å². The molecule has 0 aliphatic heterocycles. The quantitative estimate of drug-likeness (QED) is 0.673. The lowest BCUT2D eigenvalue weighted by molar-refractivity contribution is 0.0936. The Morgan fingerprint density at radius 1 is 1.40 bits per heavy atom. The molecule has 3 aromatic heterocycles. The summed E-state index contributed by atoms with van der Waals surface area (Å²) in [6.07, 6.45) is 3.15. The van der Waals surface area contributed by atoms with Gasteiger partial charge in [0.25, 0.3) is 11.8 Å². The van der Waals surface area contributed by atoms with Gasteiger partial charge in [-0.1, -0.05) is 5.16 Å². The van der Waals surface area contributed by atoms with Gasteiger partial charge in [-0.15, -0.1) is 0 Å². The second-order valence-electron chi connectivity index (χ2n) is 5.35. The number of pyridine rings is 1. The average molecular weight is 342 g/mol. The van der Waals surface area contributed by atoms with Crippen molar-refractivity contribution < 1.29 is 14.1 Å². The monoisotopic (exact) mass is 342 g/mol. The number of ether oxygens (including phenoxy) is 1. The molecule has 0 spiro atoms. The summed E-state index contributed by atoms with van der Waals surface area (Å²) in [5.74, 6) is 1.31. The fourth-order valence-corrected chi connectivity index (χ4v) is 2.31. The van der Waals surface area contributed by atoms with Crippen molar-refractivity contribution in [2.45, 2.75) is 13.8 Å². The van der Waals surface area contributed by atoms with Crippen molar-refractivity contribution in [2.75, 3.05) is 20.3 Å². The largest absolute Gasteiger partial charge is 0.383 e. The first-order chi connectivity index (χ1) is 12.1. The van der Waals surface area contributed by atoms with Crippen molar-refractivity contribution in [1.29, 1.82) is 0 Å². The van der Waals surface area contributed by atoms with E-state index in [1.54, 1.807) is 37.0 Å². The van der Waals surface area contributed by atoms with E-state index in [0.717, 1.165) is 5.56 Å². The Hall–Kier alpha value is -3.07. The Kier molecular flexibility index (Phi) is 4.85. The van der Waals surface area contributed by atoms with Crippen molar-refractivity contribution in [3.63, 3.8) is 0 Å². The molecule has 9 nitrogen and oxygen atoms in total. The van der Waals surface area contributed by atoms with Gasteiger partial charge in [0.05, 0.1) is 24.1 Å². The van der Waals surface area contributed by atoms with Gasteiger partial charge >= 0.3 is 0 Å². The fourth-order valence-electron chi connectivity index (χ4n) is 2.31. The summed E-state index contributed by atoms with van der Waals surface area (Å²) in [5.41, 5.74) is 1.89. The van der Waals surface area contributed by atoms with Crippen LogP contribution in [-0.2, 0) is 4.74 Å². The molecule has 0 aliphatic rings. The Bertz CT molecular complexity index is 886. The number of amides is 1. The zero-order valence-corrected chi connectivity index (χ0v) is 14.2. The highest BCUT2D eigenvalue weighted by molar-refractivity contribution is 5.95. The highest BCUT2D eigenvalue weighted by atomic mass is 16.5. The predicted molar refractivity (Wildman–Crippen MR) is 88.3 cm³/mol. The van der Waals surface area contributed by atoms with E-state index in [4.69, 9.17) is 9.26 Å². The number of methoxy groups -OCH3 is 1. The molecule has 1 amide bonds. The van der Waals surface area contributed by atoms with Crippen LogP contribution in [0.1, 0.15) is 21.9 Å². The van der Waals surface area contributed by atoms with E-state index < -0.39 is 0 Å². The number of hydrogen-bond donors (Lipinski definition) is 1. The molecule has 0 aromatic carbocycles. The molecule has 0 aliphatic carbocycles. The number of aromatic nitrogens is 5. The van der Waals surface area contributed by atoms with Crippen molar-refractivity contribution in [2.24, 2.45) is 0 Å². The molecule has 1 N–H and O–H groups in total. The highest BCUT2D eigenvalue weighted by Gasteiger charge is 2.16. The smallest absolute Gasteiger partial charge is 0.258 e. The highest BCUT2D eigenvalue weighted by Crippen LogP contribution is 2.20. The zero-order chi connectivity index (χ0) is 17.8. The molecule has 130 valence electrons. The summed E-state index contributed by atoms with van der Waals surface area (Å²) < 4.78 is 11.7. The summed E-state index contributed by atoms with van der Waals surface area (Å²) in [4.78, 5) is 20.7. The topological polar surface area (TPSA) is 108 Å². The third-order valence-corrected chi connectivity index (χ3v) is 3.58. The van der Waals surface area contributed by atoms with Gasteiger partial charge in [-0.2, -0.15) is 10.1 Å². The van der Waals surface area contributed by atoms with E-state index in [1.807, 2.05) is 6.92 Å². The van der Waals surface area contributed by atoms with Crippen LogP contribution < -0.4 is 5.32 Å². The molecule has 3 aromatic rings. The average Bonchev–Trinajstić information content (AvgIpc) is 3.21. The van der Waals surface area contributed by atoms with E-state index in [-0.39, 0.29) is 5.91 Å². The van der Waals surface area contributed by atoms with Crippen LogP contribution >= 0.6 is 0 Å². The summed E-state index contributed by atoms with van der Waals surface area (Å²) in [7, 11) is 1.58. The number of nitrogens with zero attached hydrogens (tertiary/aromatic N) is 5. The molecule has 25 heavy (non-hydrogen) atoms. The molecule has 0 saturated heterocycles. The van der Waals surface area contributed by atoms with Crippen LogP contribution in [0.15, 0.2) is 29.0 Å². The molecule has 0 bridgehead atoms. The molecular formula is C16H18N6O3. The minimum absolute atomic E-state index is 0.204. The Morgan fingerprint density at radius 3 is 2.96 bits per heavy atom. The van der Waals surface area contributed by atoms with Crippen LogP contribution in [0.4, 0.5) is 0 Å². The second-order valence-corrected chi connectivity index (χ2v) is 5.35. The molecule has 0 saturated carbocycles. The first-order valence-corrected chi connectivity index (χ1v) is 7.69. The number of rotatable bonds is 6. The summed E-state index contributed by atoms with van der Waals surface area (Å²) in [5, 5.41) is 10.8. The molecule has 3 rings (SSSR count). The number of nitrogens with one attached hydrogen (secondary N) is 1. The van der Waals surface area contributed by atoms with Crippen molar-refractivity contribution >= 4 is 5.91 Å². The molecular weight excluding hydrogens is 324 g/mol. The molecule has 9 heteroatoms. The van der Waals surface area contributed by atoms with Gasteiger partial charge in [0.15, 0.2) is 11.6 Å². The summed E-state index contributed by atoms with van der Waals surface area (Å²) >= 11 is 0. The number of aryl methyl sites for hydroxylation is 1. The predicted octanol–water partition coefficient (Wildman–Crippen LogP) is 1.31. The van der Waals surface area contributed by atoms with Gasteiger partial charge in [0.1, 0.15) is 0 Å². The lowest BCUT2D eigenvalue weighted by Gasteiger charge is -2.06. The van der Waals surface area contributed by atoms with Crippen LogP contribution in [0.5, 0.6) is 0 Å². The molecule has 0 fully saturated rings. The third-order valence-electron chi connectivity index (χ3n) is 3.58. The normalized spacial score (nSPS) is 10.8. The van der Waals surface area contributed by atoms with Gasteiger partial charge in [-0.05, 0) is 26.0 Å². The van der Waals surface area contributed by atoms with Crippen molar-refractivity contribution in [3.8, 4) is 17.3 Å². The van der Waals surface area contributed by atoms with Crippen molar-refractivity contribution in [3.05, 3.63) is 41.6 Å². The van der Waals surface area contributed by atoms with E-state index in [9.17, 15) is 4.79 Å². The van der Waals surface area contributed by atoms with Gasteiger partial charge in [0, 0.05) is 25.4 Å². The van der Waals surface area contributed by atoms with E-state index in [1.165, 1.54) is 6.20 Å². The molecule has 3 heterocycles. The fraction of sp³-hybridized carbons (Fsp3) is 0.312. The molecule has 0 unspecified atom stereocenters. The number of carbonyl (C=O) groups is 1. The summed E-state index contributed by atoms with van der Waals surface area (Å²) in [6, 6.07) is 3.55. The lowest BCUT2D eigenvalue weighted by Crippen LogP contribution is -2.27. The standard InChI is InChI=1S/C16H18N6O3/c1-10-13(15(23)18-6-7-24-3)9-19-22(10)14-8-12(4-5-17-14)16-20-11(2)21-25-16/h4-5,8-9H,6-7H2,1-3H3,(H,18,23). The van der Waals surface area contributed by atoms with E-state index >= 15 is 0 Å². The van der Waals surface area contributed by atoms with Gasteiger partial charge in [-0.25, -0.2) is 9.67 Å². The first-order valence-electron chi connectivity index (χ1n) is 7.69. The van der Waals surface area contributed by atoms with Crippen molar-refractivity contribution in [1.82, 2.24) is 30.2 Å². The van der Waals surface area contributed by atoms with Gasteiger partial charge in [-0.3, -0.25) is 4.79 Å². The minimum atomic E-state index is -0.204. The maximum atomic E-state index is 12.2. The zero-order valence-electron chi connectivity index (χ0n) is 14.2. The number of carbonyl (C=O) groups excluding carboxylic acids is 1. The third kappa shape index (κ3) is 3.56. The lowest BCUT2D eigenvalue weighted by atomic mass is 10.2. The maximum absolute atomic E-state index is 12.2. The van der Waals surface area contributed by atoms with E-state index in [0.29, 0.717) is 41.9 Å². The van der Waals surface area contributed by atoms with Crippen LogP contribution in [0, 0.1) is 13.8 Å². The minimum Gasteiger partial charge on any atom is -0.383 e. The van der Waals surface area contributed by atoms with Gasteiger partial charge < -0.3 is 14.6 Å².